The van der Waals surface area contributed by atoms with Crippen molar-refractivity contribution in [3.05, 3.63) is 58.6 Å². The van der Waals surface area contributed by atoms with E-state index in [2.05, 4.69) is 27.8 Å². The average Bonchev–Trinajstić information content (AvgIpc) is 3.46. The molecule has 0 amide bonds. The van der Waals surface area contributed by atoms with Crippen molar-refractivity contribution in [1.82, 2.24) is 10.6 Å². The predicted octanol–water partition coefficient (Wildman–Crippen LogP) is 4.24. The van der Waals surface area contributed by atoms with Crippen molar-refractivity contribution in [3.63, 3.8) is 0 Å². The van der Waals surface area contributed by atoms with E-state index in [1.807, 2.05) is 30.3 Å². The van der Waals surface area contributed by atoms with E-state index in [4.69, 9.17) is 21.1 Å². The molecule has 2 aromatic carbocycles. The summed E-state index contributed by atoms with van der Waals surface area (Å²) in [6.45, 7) is 0.781. The van der Waals surface area contributed by atoms with Crippen LogP contribution in [0, 0.1) is 0 Å². The van der Waals surface area contributed by atoms with Gasteiger partial charge in [-0.2, -0.15) is 0 Å². The molecule has 7 heteroatoms. The normalized spacial score (nSPS) is 18.1. The molecule has 152 valence electrons. The van der Waals surface area contributed by atoms with Crippen molar-refractivity contribution in [2.75, 3.05) is 27.8 Å². The van der Waals surface area contributed by atoms with Crippen LogP contribution in [0.15, 0.2) is 47.5 Å². The maximum atomic E-state index is 6.09. The summed E-state index contributed by atoms with van der Waals surface area (Å²) in [5.41, 5.74) is 2.46. The van der Waals surface area contributed by atoms with Gasteiger partial charge in [-0.25, -0.2) is 0 Å². The van der Waals surface area contributed by atoms with Crippen LogP contribution in [0.2, 0.25) is 5.02 Å². The molecular weight excluding hydrogens is 489 g/mol. The van der Waals surface area contributed by atoms with Crippen molar-refractivity contribution in [2.45, 2.75) is 24.8 Å². The molecule has 2 aromatic rings. The van der Waals surface area contributed by atoms with Gasteiger partial charge in [-0.1, -0.05) is 29.8 Å². The molecule has 0 bridgehead atoms. The number of ether oxygens (including phenoxy) is 2. The first-order chi connectivity index (χ1) is 13.1. The van der Waals surface area contributed by atoms with E-state index < -0.39 is 0 Å². The van der Waals surface area contributed by atoms with Crippen LogP contribution < -0.4 is 20.1 Å². The molecule has 2 unspecified atom stereocenters. The molecule has 0 spiro atoms. The molecule has 1 aliphatic carbocycles. The summed E-state index contributed by atoms with van der Waals surface area (Å²) >= 11 is 6.09. The SMILES string of the molecule is CN=C(NCCc1ccc(OC)c(OC)c1)NC1CC1c1cccc(Cl)c1.I. The largest absolute Gasteiger partial charge is 0.493 e. The Bertz CT molecular complexity index is 816. The van der Waals surface area contributed by atoms with Crippen LogP contribution in [0.3, 0.4) is 0 Å². The molecule has 1 saturated carbocycles. The first-order valence-corrected chi connectivity index (χ1v) is 9.46. The fraction of sp³-hybridized carbons (Fsp3) is 0.381. The lowest BCUT2D eigenvalue weighted by atomic mass is 10.1. The molecule has 0 heterocycles. The highest BCUT2D eigenvalue weighted by atomic mass is 127. The fourth-order valence-corrected chi connectivity index (χ4v) is 3.39. The monoisotopic (exact) mass is 515 g/mol. The molecule has 1 aliphatic rings. The van der Waals surface area contributed by atoms with Crippen molar-refractivity contribution in [3.8, 4) is 11.5 Å². The zero-order chi connectivity index (χ0) is 19.2. The zero-order valence-electron chi connectivity index (χ0n) is 16.4. The number of guanidine groups is 1. The van der Waals surface area contributed by atoms with Crippen LogP contribution in [-0.2, 0) is 6.42 Å². The highest BCUT2D eigenvalue weighted by Gasteiger charge is 2.39. The molecule has 0 saturated heterocycles. The van der Waals surface area contributed by atoms with Gasteiger partial charge in [-0.15, -0.1) is 24.0 Å². The van der Waals surface area contributed by atoms with Gasteiger partial charge >= 0.3 is 0 Å². The van der Waals surface area contributed by atoms with Crippen molar-refractivity contribution in [1.29, 1.82) is 0 Å². The lowest BCUT2D eigenvalue weighted by Crippen LogP contribution is -2.39. The molecular formula is C21H27ClIN3O2. The third-order valence-electron chi connectivity index (χ3n) is 4.77. The Balaban J connectivity index is 0.00000280. The van der Waals surface area contributed by atoms with Crippen LogP contribution in [0.1, 0.15) is 23.5 Å². The van der Waals surface area contributed by atoms with Gasteiger partial charge in [-0.3, -0.25) is 4.99 Å². The van der Waals surface area contributed by atoms with Crippen LogP contribution in [0.4, 0.5) is 0 Å². The summed E-state index contributed by atoms with van der Waals surface area (Å²) in [6, 6.07) is 14.5. The number of methoxy groups -OCH3 is 2. The smallest absolute Gasteiger partial charge is 0.191 e. The number of aliphatic imine (C=N–C) groups is 1. The maximum Gasteiger partial charge on any atom is 0.191 e. The number of hydrogen-bond donors (Lipinski definition) is 2. The summed E-state index contributed by atoms with van der Waals surface area (Å²) < 4.78 is 10.6. The second-order valence-corrected chi connectivity index (χ2v) is 7.02. The van der Waals surface area contributed by atoms with E-state index in [0.717, 1.165) is 41.9 Å². The zero-order valence-corrected chi connectivity index (χ0v) is 19.5. The standard InChI is InChI=1S/C21H26ClN3O2.HI/c1-23-21(25-18-13-17(18)15-5-4-6-16(22)12-15)24-10-9-14-7-8-19(26-2)20(11-14)27-3;/h4-8,11-12,17-18H,9-10,13H2,1-3H3,(H2,23,24,25);1H. The Morgan fingerprint density at radius 3 is 2.61 bits per heavy atom. The van der Waals surface area contributed by atoms with Gasteiger partial charge in [0.05, 0.1) is 14.2 Å². The van der Waals surface area contributed by atoms with Gasteiger partial charge in [0, 0.05) is 30.6 Å². The van der Waals surface area contributed by atoms with Crippen LogP contribution in [0.5, 0.6) is 11.5 Å². The Labute approximate surface area is 188 Å². The molecule has 0 radical (unpaired) electrons. The minimum Gasteiger partial charge on any atom is -0.493 e. The van der Waals surface area contributed by atoms with E-state index in [1.165, 1.54) is 11.1 Å². The fourth-order valence-electron chi connectivity index (χ4n) is 3.19. The molecule has 5 nitrogen and oxygen atoms in total. The van der Waals surface area contributed by atoms with Gasteiger partial charge in [0.15, 0.2) is 17.5 Å². The van der Waals surface area contributed by atoms with Gasteiger partial charge < -0.3 is 20.1 Å². The molecule has 1 fully saturated rings. The number of nitrogens with zero attached hydrogens (tertiary/aromatic N) is 1. The predicted molar refractivity (Wildman–Crippen MR) is 126 cm³/mol. The van der Waals surface area contributed by atoms with E-state index in [9.17, 15) is 0 Å². The van der Waals surface area contributed by atoms with Crippen LogP contribution >= 0.6 is 35.6 Å². The third kappa shape index (κ3) is 5.91. The molecule has 2 N–H and O–H groups in total. The second-order valence-electron chi connectivity index (χ2n) is 6.59. The number of benzene rings is 2. The lowest BCUT2D eigenvalue weighted by Gasteiger charge is -2.13. The minimum atomic E-state index is 0. The third-order valence-corrected chi connectivity index (χ3v) is 5.00. The summed E-state index contributed by atoms with van der Waals surface area (Å²) in [5.74, 6) is 2.81. The number of rotatable bonds is 7. The molecule has 3 rings (SSSR count). The Morgan fingerprint density at radius 1 is 1.14 bits per heavy atom. The van der Waals surface area contributed by atoms with Crippen molar-refractivity contribution in [2.24, 2.45) is 4.99 Å². The Kier molecular flexibility index (Phi) is 8.69. The Morgan fingerprint density at radius 2 is 1.93 bits per heavy atom. The second kappa shape index (κ2) is 10.8. The first kappa shape index (κ1) is 22.6. The van der Waals surface area contributed by atoms with E-state index in [0.29, 0.717) is 12.0 Å². The topological polar surface area (TPSA) is 54.9 Å². The first-order valence-electron chi connectivity index (χ1n) is 9.08. The lowest BCUT2D eigenvalue weighted by molar-refractivity contribution is 0.354. The summed E-state index contributed by atoms with van der Waals surface area (Å²) in [6.07, 6.45) is 1.96. The van der Waals surface area contributed by atoms with E-state index >= 15 is 0 Å². The van der Waals surface area contributed by atoms with E-state index in [-0.39, 0.29) is 24.0 Å². The quantitative estimate of drug-likeness (QED) is 0.329. The van der Waals surface area contributed by atoms with Crippen molar-refractivity contribution < 1.29 is 9.47 Å². The average molecular weight is 516 g/mol. The van der Waals surface area contributed by atoms with Gasteiger partial charge in [0.2, 0.25) is 0 Å². The number of halogens is 2. The summed E-state index contributed by atoms with van der Waals surface area (Å²) in [7, 11) is 5.09. The molecule has 0 aromatic heterocycles. The number of hydrogen-bond acceptors (Lipinski definition) is 3. The van der Waals surface area contributed by atoms with Gasteiger partial charge in [0.25, 0.3) is 0 Å². The molecule has 28 heavy (non-hydrogen) atoms. The van der Waals surface area contributed by atoms with Gasteiger partial charge in [0.1, 0.15) is 0 Å². The molecule has 0 aliphatic heterocycles. The van der Waals surface area contributed by atoms with Gasteiger partial charge in [-0.05, 0) is 48.2 Å². The minimum absolute atomic E-state index is 0. The van der Waals surface area contributed by atoms with E-state index in [1.54, 1.807) is 21.3 Å². The summed E-state index contributed by atoms with van der Waals surface area (Å²) in [4.78, 5) is 4.33. The van der Waals surface area contributed by atoms with Crippen molar-refractivity contribution >= 4 is 41.5 Å². The summed E-state index contributed by atoms with van der Waals surface area (Å²) in [5, 5.41) is 7.65. The van der Waals surface area contributed by atoms with Crippen LogP contribution in [0.25, 0.3) is 0 Å². The Hall–Kier alpha value is -1.67. The number of nitrogens with one attached hydrogen (secondary N) is 2. The highest BCUT2D eigenvalue weighted by molar-refractivity contribution is 14.0. The molecule has 2 atom stereocenters. The maximum absolute atomic E-state index is 6.09. The van der Waals surface area contributed by atoms with Crippen LogP contribution in [-0.4, -0.2) is 39.8 Å². The highest BCUT2D eigenvalue weighted by Crippen LogP contribution is 2.41.